The molecule has 2 aliphatic rings. The summed E-state index contributed by atoms with van der Waals surface area (Å²) in [4.78, 5) is 40.2. The molecule has 3 atom stereocenters. The lowest BCUT2D eigenvalue weighted by molar-refractivity contribution is 0.0587. The summed E-state index contributed by atoms with van der Waals surface area (Å²) in [6, 6.07) is 2.92. The van der Waals surface area contributed by atoms with E-state index in [-0.39, 0.29) is 34.8 Å². The van der Waals surface area contributed by atoms with Crippen LogP contribution in [0.15, 0.2) is 29.2 Å². The van der Waals surface area contributed by atoms with Crippen molar-refractivity contribution in [1.29, 1.82) is 0 Å². The fraction of sp³-hybridized carbons (Fsp3) is 0.409. The summed E-state index contributed by atoms with van der Waals surface area (Å²) >= 11 is 1.65. The second-order valence-electron chi connectivity index (χ2n) is 8.18. The van der Waals surface area contributed by atoms with E-state index in [4.69, 9.17) is 0 Å². The zero-order valence-corrected chi connectivity index (χ0v) is 18.4. The largest absolute Gasteiger partial charge is 0.503 e. The number of hydrogen-bond acceptors (Lipinski definition) is 5. The van der Waals surface area contributed by atoms with E-state index in [1.165, 1.54) is 16.8 Å². The van der Waals surface area contributed by atoms with Gasteiger partial charge in [-0.25, -0.2) is 8.78 Å². The standard InChI is InChI=1S/C22H23F2N3O4S/c1-11-3-4-12(2)32-17-10-26-9-15(19(28)20(29)18(26)22(31)27(11)17)21(30)25-8-13-5-6-14(23)7-16(13)24/h5-7,9,11-12,17,29H,3-4,8,10H2,1-2H3,(H,25,30)/t11-,12+,17?/m1/s1. The third-order valence-electron chi connectivity index (χ3n) is 5.91. The van der Waals surface area contributed by atoms with Gasteiger partial charge in [-0.3, -0.25) is 14.4 Å². The predicted molar refractivity (Wildman–Crippen MR) is 116 cm³/mol. The molecule has 10 heteroatoms. The van der Waals surface area contributed by atoms with Crippen LogP contribution < -0.4 is 10.7 Å². The summed E-state index contributed by atoms with van der Waals surface area (Å²) in [6.07, 6.45) is 3.03. The number of amides is 2. The lowest BCUT2D eigenvalue weighted by atomic mass is 10.1. The molecule has 170 valence electrons. The molecule has 2 amide bonds. The fourth-order valence-corrected chi connectivity index (χ4v) is 5.66. The lowest BCUT2D eigenvalue weighted by Gasteiger charge is -2.39. The van der Waals surface area contributed by atoms with E-state index in [1.807, 2.05) is 6.92 Å². The topological polar surface area (TPSA) is 91.6 Å². The Labute approximate surface area is 187 Å². The average molecular weight is 464 g/mol. The van der Waals surface area contributed by atoms with Crippen LogP contribution in [-0.4, -0.2) is 43.1 Å². The highest BCUT2D eigenvalue weighted by Gasteiger charge is 2.40. The maximum atomic E-state index is 13.8. The van der Waals surface area contributed by atoms with E-state index in [9.17, 15) is 28.3 Å². The Morgan fingerprint density at radius 2 is 2.00 bits per heavy atom. The molecule has 1 fully saturated rings. The highest BCUT2D eigenvalue weighted by atomic mass is 32.2. The second kappa shape index (κ2) is 8.57. The molecule has 7 nitrogen and oxygen atoms in total. The van der Waals surface area contributed by atoms with Crippen LogP contribution in [0.5, 0.6) is 5.75 Å². The fourth-order valence-electron chi connectivity index (χ4n) is 4.17. The van der Waals surface area contributed by atoms with Crippen molar-refractivity contribution in [2.45, 2.75) is 56.4 Å². The smallest absolute Gasteiger partial charge is 0.275 e. The van der Waals surface area contributed by atoms with Gasteiger partial charge in [0.15, 0.2) is 11.4 Å². The van der Waals surface area contributed by atoms with Crippen LogP contribution in [0, 0.1) is 11.6 Å². The lowest BCUT2D eigenvalue weighted by Crippen LogP contribution is -2.51. The van der Waals surface area contributed by atoms with Gasteiger partial charge >= 0.3 is 0 Å². The summed E-state index contributed by atoms with van der Waals surface area (Å²) in [5.41, 5.74) is -1.40. The van der Waals surface area contributed by atoms with Gasteiger partial charge in [-0.1, -0.05) is 13.0 Å². The first-order valence-electron chi connectivity index (χ1n) is 10.3. The molecule has 3 heterocycles. The first-order valence-corrected chi connectivity index (χ1v) is 11.3. The van der Waals surface area contributed by atoms with Crippen LogP contribution in [0.2, 0.25) is 0 Å². The molecular weight excluding hydrogens is 440 g/mol. The summed E-state index contributed by atoms with van der Waals surface area (Å²) < 4.78 is 28.3. The number of halogens is 2. The number of nitrogens with zero attached hydrogens (tertiary/aromatic N) is 2. The van der Waals surface area contributed by atoms with Crippen molar-refractivity contribution in [3.8, 4) is 5.75 Å². The first kappa shape index (κ1) is 22.3. The zero-order chi connectivity index (χ0) is 23.2. The van der Waals surface area contributed by atoms with Gasteiger partial charge in [0, 0.05) is 35.7 Å². The molecule has 4 rings (SSSR count). The molecule has 1 unspecified atom stereocenters. The molecule has 1 aromatic carbocycles. The van der Waals surface area contributed by atoms with E-state index in [0.29, 0.717) is 17.9 Å². The third kappa shape index (κ3) is 3.99. The molecule has 0 aliphatic carbocycles. The van der Waals surface area contributed by atoms with Crippen molar-refractivity contribution in [1.82, 2.24) is 14.8 Å². The molecule has 0 radical (unpaired) electrons. The Balaban J connectivity index is 1.64. The number of rotatable bonds is 3. The molecule has 2 aliphatic heterocycles. The van der Waals surface area contributed by atoms with E-state index >= 15 is 0 Å². The number of fused-ring (bicyclic) bond motifs is 2. The number of aromatic hydroxyl groups is 1. The quantitative estimate of drug-likeness (QED) is 0.731. The maximum absolute atomic E-state index is 13.8. The highest BCUT2D eigenvalue weighted by Crippen LogP contribution is 2.37. The van der Waals surface area contributed by atoms with Crippen molar-refractivity contribution in [3.05, 3.63) is 63.1 Å². The van der Waals surface area contributed by atoms with Gasteiger partial charge in [0.05, 0.1) is 11.9 Å². The Hall–Kier alpha value is -2.88. The Morgan fingerprint density at radius 1 is 1.25 bits per heavy atom. The van der Waals surface area contributed by atoms with Crippen molar-refractivity contribution in [2.24, 2.45) is 0 Å². The Bertz CT molecular complexity index is 1150. The van der Waals surface area contributed by atoms with E-state index in [0.717, 1.165) is 18.9 Å². The number of thioether (sulfide) groups is 1. The van der Waals surface area contributed by atoms with Gasteiger partial charge in [-0.2, -0.15) is 0 Å². The Morgan fingerprint density at radius 3 is 2.72 bits per heavy atom. The monoisotopic (exact) mass is 463 g/mol. The SMILES string of the molecule is C[C@@H]1CC[C@H](C)SC2Cn3cc(C(=O)NCc4ccc(F)cc4F)c(=O)c(O)c3C(=O)N21. The summed E-state index contributed by atoms with van der Waals surface area (Å²) in [5.74, 6) is -3.60. The first-order chi connectivity index (χ1) is 15.2. The van der Waals surface area contributed by atoms with Crippen LogP contribution in [0.25, 0.3) is 0 Å². The highest BCUT2D eigenvalue weighted by molar-refractivity contribution is 8.00. The summed E-state index contributed by atoms with van der Waals surface area (Å²) in [6.45, 7) is 4.09. The van der Waals surface area contributed by atoms with Gasteiger partial charge in [-0.05, 0) is 25.8 Å². The minimum absolute atomic E-state index is 0.0400. The van der Waals surface area contributed by atoms with Crippen molar-refractivity contribution < 1.29 is 23.5 Å². The number of hydrogen-bond donors (Lipinski definition) is 2. The van der Waals surface area contributed by atoms with Crippen LogP contribution in [0.3, 0.4) is 0 Å². The minimum Gasteiger partial charge on any atom is -0.503 e. The maximum Gasteiger partial charge on any atom is 0.275 e. The van der Waals surface area contributed by atoms with Gasteiger partial charge < -0.3 is 19.9 Å². The van der Waals surface area contributed by atoms with Gasteiger partial charge in [-0.15, -0.1) is 11.8 Å². The molecule has 1 aromatic heterocycles. The number of carbonyl (C=O) groups is 2. The van der Waals surface area contributed by atoms with E-state index in [2.05, 4.69) is 12.2 Å². The molecule has 0 spiro atoms. The number of pyridine rings is 1. The van der Waals surface area contributed by atoms with Gasteiger partial charge in [0.2, 0.25) is 5.43 Å². The molecular formula is C22H23F2N3O4S. The molecule has 2 aromatic rings. The van der Waals surface area contributed by atoms with E-state index in [1.54, 1.807) is 16.7 Å². The normalized spacial score (nSPS) is 22.7. The van der Waals surface area contributed by atoms with Crippen LogP contribution in [-0.2, 0) is 13.1 Å². The van der Waals surface area contributed by atoms with Crippen LogP contribution >= 0.6 is 11.8 Å². The minimum atomic E-state index is -0.969. The molecule has 1 saturated heterocycles. The zero-order valence-electron chi connectivity index (χ0n) is 17.6. The number of nitrogens with one attached hydrogen (secondary N) is 1. The molecule has 0 saturated carbocycles. The number of aromatic nitrogens is 1. The van der Waals surface area contributed by atoms with Gasteiger partial charge in [0.1, 0.15) is 17.2 Å². The van der Waals surface area contributed by atoms with Crippen LogP contribution in [0.4, 0.5) is 8.78 Å². The van der Waals surface area contributed by atoms with Crippen LogP contribution in [0.1, 0.15) is 53.1 Å². The van der Waals surface area contributed by atoms with Crippen molar-refractivity contribution in [2.75, 3.05) is 0 Å². The van der Waals surface area contributed by atoms with E-state index < -0.39 is 34.6 Å². The van der Waals surface area contributed by atoms with Crippen molar-refractivity contribution >= 4 is 23.6 Å². The second-order valence-corrected chi connectivity index (χ2v) is 9.80. The third-order valence-corrected chi connectivity index (χ3v) is 7.30. The number of benzene rings is 1. The average Bonchev–Trinajstić information content (AvgIpc) is 2.87. The molecule has 2 N–H and O–H groups in total. The predicted octanol–water partition coefficient (Wildman–Crippen LogP) is 2.85. The van der Waals surface area contributed by atoms with Gasteiger partial charge in [0.25, 0.3) is 11.8 Å². The number of carbonyl (C=O) groups excluding carboxylic acids is 2. The molecule has 0 bridgehead atoms. The summed E-state index contributed by atoms with van der Waals surface area (Å²) in [5, 5.41) is 13.1. The summed E-state index contributed by atoms with van der Waals surface area (Å²) in [7, 11) is 0. The Kier molecular flexibility index (Phi) is 5.98. The molecule has 32 heavy (non-hydrogen) atoms. The van der Waals surface area contributed by atoms with Crippen molar-refractivity contribution in [3.63, 3.8) is 0 Å².